The lowest BCUT2D eigenvalue weighted by Gasteiger charge is -2.16. The van der Waals surface area contributed by atoms with Gasteiger partial charge in [0.2, 0.25) is 0 Å². The molecule has 0 spiro atoms. The van der Waals surface area contributed by atoms with Gasteiger partial charge in [0.1, 0.15) is 46.3 Å². The van der Waals surface area contributed by atoms with Crippen LogP contribution in [0, 0.1) is 0 Å². The van der Waals surface area contributed by atoms with E-state index in [4.69, 9.17) is 28.4 Å². The molecule has 0 aliphatic carbocycles. The summed E-state index contributed by atoms with van der Waals surface area (Å²) in [7, 11) is 10.6. The van der Waals surface area contributed by atoms with Gasteiger partial charge in [0.15, 0.2) is 0 Å². The highest BCUT2D eigenvalue weighted by molar-refractivity contribution is 6.37. The Balaban J connectivity index is 3.03. The third-order valence-electron chi connectivity index (χ3n) is 5.28. The zero-order chi connectivity index (χ0) is 26.9. The number of nitrogens with zero attached hydrogens (tertiary/aromatic N) is 3. The Morgan fingerprint density at radius 2 is 0.722 bits per heavy atom. The Bertz CT molecular complexity index is 753. The van der Waals surface area contributed by atoms with Crippen LogP contribution < -0.4 is 17.1 Å². The Morgan fingerprint density at radius 3 is 0.917 bits per heavy atom. The molecule has 36 heavy (non-hydrogen) atoms. The third kappa shape index (κ3) is 10.7. The maximum absolute atomic E-state index is 13.1. The number of hydrogen-bond acceptors (Lipinski definition) is 9. The van der Waals surface area contributed by atoms with Crippen LogP contribution in [0.15, 0.2) is 14.4 Å². The minimum Gasteiger partial charge on any atom is -0.360 e. The summed E-state index contributed by atoms with van der Waals surface area (Å²) >= 11 is 0. The first-order chi connectivity index (χ1) is 17.4. The average molecular weight is 562 g/mol. The van der Waals surface area contributed by atoms with Crippen molar-refractivity contribution in [1.82, 2.24) is 13.7 Å². The number of aromatic nitrogens is 3. The molecule has 0 N–H and O–H groups in total. The first-order valence-corrected chi connectivity index (χ1v) is 15.5. The molecule has 0 amide bonds. The van der Waals surface area contributed by atoms with Gasteiger partial charge in [-0.2, -0.15) is 0 Å². The van der Waals surface area contributed by atoms with Crippen LogP contribution in [-0.2, 0) is 48.1 Å². The van der Waals surface area contributed by atoms with E-state index >= 15 is 0 Å². The SMILES string of the molecule is COC(OC)[Si]CCCn1c(=O)n(CCC[Si]C(OC)OC)c(=O)n(CCC[Si]C(OC)OC)c1=O. The van der Waals surface area contributed by atoms with Crippen molar-refractivity contribution < 1.29 is 28.4 Å². The Morgan fingerprint density at radius 1 is 0.500 bits per heavy atom. The van der Waals surface area contributed by atoms with E-state index in [2.05, 4.69) is 0 Å². The van der Waals surface area contributed by atoms with Gasteiger partial charge in [-0.25, -0.2) is 28.1 Å². The van der Waals surface area contributed by atoms with Crippen LogP contribution in [0.25, 0.3) is 0 Å². The van der Waals surface area contributed by atoms with Gasteiger partial charge in [-0.05, 0) is 19.3 Å². The molecule has 6 radical (unpaired) electrons. The Kier molecular flexibility index (Phi) is 17.3. The fraction of sp³-hybridized carbons (Fsp3) is 0.857. The van der Waals surface area contributed by atoms with E-state index in [1.165, 1.54) is 13.7 Å². The number of ether oxygens (including phenoxy) is 6. The van der Waals surface area contributed by atoms with Crippen molar-refractivity contribution in [3.8, 4) is 0 Å². The molecule has 0 aromatic carbocycles. The van der Waals surface area contributed by atoms with Crippen molar-refractivity contribution in [2.24, 2.45) is 0 Å². The summed E-state index contributed by atoms with van der Waals surface area (Å²) in [6.07, 6.45) is 1.76. The van der Waals surface area contributed by atoms with E-state index in [1.54, 1.807) is 42.7 Å². The summed E-state index contributed by atoms with van der Waals surface area (Å²) in [4.78, 5) is 39.4. The van der Waals surface area contributed by atoms with Gasteiger partial charge in [0, 0.05) is 62.3 Å². The predicted octanol–water partition coefficient (Wildman–Crippen LogP) is -0.561. The topological polar surface area (TPSA) is 121 Å². The summed E-state index contributed by atoms with van der Waals surface area (Å²) in [5.41, 5.74) is -1.71. The van der Waals surface area contributed by atoms with Gasteiger partial charge in [-0.15, -0.1) is 0 Å². The second-order valence-electron chi connectivity index (χ2n) is 7.64. The predicted molar refractivity (Wildman–Crippen MR) is 138 cm³/mol. The summed E-state index contributed by atoms with van der Waals surface area (Å²) in [6, 6.07) is 2.18. The third-order valence-corrected chi connectivity index (χ3v) is 9.62. The molecule has 1 heterocycles. The zero-order valence-electron chi connectivity index (χ0n) is 22.1. The van der Waals surface area contributed by atoms with Crippen LogP contribution in [0.3, 0.4) is 0 Å². The molecular formula is C21H39N3O9Si3. The van der Waals surface area contributed by atoms with Crippen LogP contribution in [-0.4, -0.2) is 103 Å². The van der Waals surface area contributed by atoms with E-state index in [9.17, 15) is 14.4 Å². The summed E-state index contributed by atoms with van der Waals surface area (Å²) in [5, 5.41) is 0. The molecule has 0 saturated carbocycles. The Labute approximate surface area is 219 Å². The van der Waals surface area contributed by atoms with Crippen LogP contribution >= 0.6 is 0 Å². The van der Waals surface area contributed by atoms with Crippen molar-refractivity contribution >= 4 is 28.6 Å². The fourth-order valence-corrected chi connectivity index (χ4v) is 6.21. The maximum Gasteiger partial charge on any atom is 0.336 e. The average Bonchev–Trinajstić information content (AvgIpc) is 2.89. The van der Waals surface area contributed by atoms with Gasteiger partial charge in [-0.1, -0.05) is 18.1 Å². The van der Waals surface area contributed by atoms with Gasteiger partial charge < -0.3 is 28.4 Å². The first kappa shape index (κ1) is 32.8. The van der Waals surface area contributed by atoms with Gasteiger partial charge in [0.05, 0.1) is 0 Å². The van der Waals surface area contributed by atoms with Crippen molar-refractivity contribution in [2.75, 3.05) is 42.7 Å². The quantitative estimate of drug-likeness (QED) is 0.110. The summed E-state index contributed by atoms with van der Waals surface area (Å²) in [6.45, 7) is 0.665. The minimum atomic E-state index is -0.571. The molecule has 0 unspecified atom stereocenters. The van der Waals surface area contributed by atoms with E-state index < -0.39 is 17.1 Å². The number of hydrogen-bond donors (Lipinski definition) is 0. The van der Waals surface area contributed by atoms with Crippen LogP contribution in [0.5, 0.6) is 0 Å². The monoisotopic (exact) mass is 561 g/mol. The highest BCUT2D eigenvalue weighted by Crippen LogP contribution is 2.01. The number of methoxy groups -OCH3 is 6. The number of rotatable bonds is 21. The molecule has 1 rings (SSSR count). The second-order valence-corrected chi connectivity index (χ2v) is 11.8. The molecule has 12 nitrogen and oxygen atoms in total. The molecule has 15 heteroatoms. The second kappa shape index (κ2) is 19.0. The van der Waals surface area contributed by atoms with E-state index in [1.807, 2.05) is 0 Å². The van der Waals surface area contributed by atoms with Crippen LogP contribution in [0.2, 0.25) is 18.1 Å². The van der Waals surface area contributed by atoms with Gasteiger partial charge >= 0.3 is 17.1 Å². The maximum atomic E-state index is 13.1. The largest absolute Gasteiger partial charge is 0.360 e. The molecule has 0 fully saturated rings. The first-order valence-electron chi connectivity index (χ1n) is 11.7. The lowest BCUT2D eigenvalue weighted by molar-refractivity contribution is -0.0442. The van der Waals surface area contributed by atoms with Crippen LogP contribution in [0.1, 0.15) is 19.3 Å². The normalized spacial score (nSPS) is 11.9. The zero-order valence-corrected chi connectivity index (χ0v) is 25.1. The lowest BCUT2D eigenvalue weighted by atomic mass is 10.4. The fourth-order valence-electron chi connectivity index (χ4n) is 3.42. The molecular weight excluding hydrogens is 523 g/mol. The highest BCUT2D eigenvalue weighted by atomic mass is 28.2. The minimum absolute atomic E-state index is 0.222. The Hall–Kier alpha value is -1.18. The molecule has 0 saturated heterocycles. The van der Waals surface area contributed by atoms with Gasteiger partial charge in [-0.3, -0.25) is 0 Å². The molecule has 204 valence electrons. The molecule has 1 aromatic heterocycles. The van der Waals surface area contributed by atoms with E-state index in [0.717, 1.165) is 18.1 Å². The molecule has 0 aliphatic rings. The van der Waals surface area contributed by atoms with Crippen LogP contribution in [0.4, 0.5) is 0 Å². The summed E-state index contributed by atoms with van der Waals surface area (Å²) < 4.78 is 34.7. The van der Waals surface area contributed by atoms with Crippen molar-refractivity contribution in [3.05, 3.63) is 31.5 Å². The van der Waals surface area contributed by atoms with Crippen molar-refractivity contribution in [3.63, 3.8) is 0 Å². The highest BCUT2D eigenvalue weighted by Gasteiger charge is 2.17. The molecule has 0 atom stereocenters. The summed E-state index contributed by atoms with van der Waals surface area (Å²) in [5.74, 6) is -0.917. The lowest BCUT2D eigenvalue weighted by Crippen LogP contribution is -2.54. The molecule has 0 bridgehead atoms. The van der Waals surface area contributed by atoms with Gasteiger partial charge in [0.25, 0.3) is 0 Å². The van der Waals surface area contributed by atoms with Crippen molar-refractivity contribution in [1.29, 1.82) is 0 Å². The smallest absolute Gasteiger partial charge is 0.336 e. The standard InChI is InChI=1S/C21H39N3O9Si3/c1-28-19(29-2)34-13-7-10-22-16(25)23(11-8-14-35-20(30-3)31-4)18(27)24(17(22)26)12-9-15-36-21(32-5)33-6/h19-21H,7-15H2,1-6H3. The van der Waals surface area contributed by atoms with E-state index in [-0.39, 0.29) is 37.4 Å². The molecule has 0 aliphatic heterocycles. The molecule has 1 aromatic rings. The van der Waals surface area contributed by atoms with E-state index in [0.29, 0.717) is 47.8 Å². The van der Waals surface area contributed by atoms with Crippen molar-refractivity contribution in [2.45, 2.75) is 74.8 Å².